The molecule has 0 bridgehead atoms. The molecule has 198 valence electrons. The number of ether oxygens (including phenoxy) is 1. The van der Waals surface area contributed by atoms with Crippen LogP contribution in [0.15, 0.2) is 72.8 Å². The van der Waals surface area contributed by atoms with Gasteiger partial charge in [-0.25, -0.2) is 4.79 Å². The number of rotatable bonds is 4. The third-order valence-electron chi connectivity index (χ3n) is 6.62. The number of aryl methyl sites for hydroxylation is 1. The number of para-hydroxylation sites is 1. The van der Waals surface area contributed by atoms with E-state index in [1.807, 2.05) is 70.2 Å². The first-order valence-electron chi connectivity index (χ1n) is 12.9. The fraction of sp³-hybridized carbons (Fsp3) is 0.323. The van der Waals surface area contributed by atoms with E-state index >= 15 is 0 Å². The molecule has 0 spiro atoms. The van der Waals surface area contributed by atoms with Gasteiger partial charge in [-0.2, -0.15) is 0 Å². The van der Waals surface area contributed by atoms with Crippen molar-refractivity contribution in [1.82, 2.24) is 4.90 Å². The van der Waals surface area contributed by atoms with Gasteiger partial charge in [0.2, 0.25) is 0 Å². The maximum Gasteiger partial charge on any atom is 0.410 e. The van der Waals surface area contributed by atoms with Crippen molar-refractivity contribution >= 4 is 29.3 Å². The molecule has 1 aliphatic heterocycles. The van der Waals surface area contributed by atoms with Crippen molar-refractivity contribution in [2.75, 3.05) is 23.8 Å². The largest absolute Gasteiger partial charge is 0.444 e. The molecule has 1 N–H and O–H groups in total. The number of anilines is 2. The van der Waals surface area contributed by atoms with Crippen molar-refractivity contribution in [3.63, 3.8) is 0 Å². The first-order valence-corrected chi connectivity index (χ1v) is 12.9. The van der Waals surface area contributed by atoms with Crippen LogP contribution in [0, 0.1) is 6.92 Å². The van der Waals surface area contributed by atoms with Gasteiger partial charge in [-0.05, 0) is 88.1 Å². The minimum absolute atomic E-state index is 0.130. The van der Waals surface area contributed by atoms with Gasteiger partial charge in [-0.15, -0.1) is 0 Å². The number of carbonyl (C=O) groups excluding carboxylic acids is 3. The smallest absolute Gasteiger partial charge is 0.410 e. The average Bonchev–Trinajstić information content (AvgIpc) is 3.07. The van der Waals surface area contributed by atoms with Crippen LogP contribution >= 0.6 is 0 Å². The molecule has 7 nitrogen and oxygen atoms in total. The molecule has 0 saturated heterocycles. The second-order valence-electron chi connectivity index (χ2n) is 10.6. The monoisotopic (exact) mass is 513 g/mol. The summed E-state index contributed by atoms with van der Waals surface area (Å²) in [5.74, 6) is -0.321. The van der Waals surface area contributed by atoms with E-state index in [1.54, 1.807) is 47.2 Å². The lowest BCUT2D eigenvalue weighted by Gasteiger charge is -2.31. The Kier molecular flexibility index (Phi) is 7.86. The molecule has 1 atom stereocenters. The first kappa shape index (κ1) is 26.9. The Balaban J connectivity index is 1.53. The maximum absolute atomic E-state index is 13.6. The molecule has 0 aliphatic carbocycles. The number of benzene rings is 3. The molecule has 1 heterocycles. The van der Waals surface area contributed by atoms with E-state index in [1.165, 1.54) is 0 Å². The fourth-order valence-electron chi connectivity index (χ4n) is 4.69. The summed E-state index contributed by atoms with van der Waals surface area (Å²) in [5, 5.41) is 2.90. The van der Waals surface area contributed by atoms with Crippen molar-refractivity contribution in [2.45, 2.75) is 52.2 Å². The molecule has 3 aromatic carbocycles. The van der Waals surface area contributed by atoms with E-state index in [9.17, 15) is 14.4 Å². The van der Waals surface area contributed by atoms with Gasteiger partial charge >= 0.3 is 6.09 Å². The fourth-order valence-corrected chi connectivity index (χ4v) is 4.69. The van der Waals surface area contributed by atoms with Crippen LogP contribution in [0.25, 0.3) is 0 Å². The van der Waals surface area contributed by atoms with E-state index in [-0.39, 0.29) is 23.9 Å². The Bertz CT molecular complexity index is 1330. The second-order valence-corrected chi connectivity index (χ2v) is 10.6. The zero-order valence-corrected chi connectivity index (χ0v) is 22.7. The first-order chi connectivity index (χ1) is 18.0. The van der Waals surface area contributed by atoms with Crippen molar-refractivity contribution in [3.8, 4) is 0 Å². The molecule has 3 aromatic rings. The van der Waals surface area contributed by atoms with Gasteiger partial charge in [0, 0.05) is 36.1 Å². The average molecular weight is 514 g/mol. The van der Waals surface area contributed by atoms with Crippen molar-refractivity contribution in [1.29, 1.82) is 0 Å². The van der Waals surface area contributed by atoms with Crippen LogP contribution < -0.4 is 10.2 Å². The third kappa shape index (κ3) is 6.05. The minimum Gasteiger partial charge on any atom is -0.444 e. The van der Waals surface area contributed by atoms with Crippen LogP contribution in [0.5, 0.6) is 0 Å². The third-order valence-corrected chi connectivity index (χ3v) is 6.62. The molecular formula is C31H35N3O4. The van der Waals surface area contributed by atoms with Crippen molar-refractivity contribution in [2.24, 2.45) is 0 Å². The van der Waals surface area contributed by atoms with Crippen LogP contribution in [-0.4, -0.2) is 42.0 Å². The van der Waals surface area contributed by atoms with Gasteiger partial charge in [-0.3, -0.25) is 9.59 Å². The van der Waals surface area contributed by atoms with E-state index in [2.05, 4.69) is 5.32 Å². The standard InChI is InChI=1S/C31H35N3O4/c1-21-11-6-7-12-24(21)28(35)32-23-18-16-22(17-19-23)29(36)34-20-10-15-26(25-13-8-9-14-27(25)34)33(5)30(37)38-31(2,3)4/h6-9,11-14,16-19,26H,10,15,20H2,1-5H3,(H,32,35)/t26-/m0/s1. The normalized spacial score (nSPS) is 15.2. The molecule has 1 aliphatic rings. The van der Waals surface area contributed by atoms with Gasteiger partial charge in [0.25, 0.3) is 11.8 Å². The molecule has 38 heavy (non-hydrogen) atoms. The predicted octanol–water partition coefficient (Wildman–Crippen LogP) is 6.60. The van der Waals surface area contributed by atoms with E-state index in [0.717, 1.165) is 23.2 Å². The van der Waals surface area contributed by atoms with Gasteiger partial charge in [0.1, 0.15) is 5.60 Å². The molecule has 0 fully saturated rings. The van der Waals surface area contributed by atoms with Crippen LogP contribution in [0.4, 0.5) is 16.2 Å². The highest BCUT2D eigenvalue weighted by Crippen LogP contribution is 2.37. The van der Waals surface area contributed by atoms with E-state index < -0.39 is 5.60 Å². The van der Waals surface area contributed by atoms with Crippen molar-refractivity contribution < 1.29 is 19.1 Å². The van der Waals surface area contributed by atoms with Crippen LogP contribution in [0.2, 0.25) is 0 Å². The summed E-state index contributed by atoms with van der Waals surface area (Å²) in [5.41, 5.74) is 3.74. The number of nitrogens with one attached hydrogen (secondary N) is 1. The van der Waals surface area contributed by atoms with Gasteiger partial charge in [0.15, 0.2) is 0 Å². The van der Waals surface area contributed by atoms with Gasteiger partial charge < -0.3 is 19.9 Å². The number of carbonyl (C=O) groups is 3. The Morgan fingerprint density at radius 2 is 1.61 bits per heavy atom. The van der Waals surface area contributed by atoms with E-state index in [0.29, 0.717) is 29.8 Å². The van der Waals surface area contributed by atoms with Crippen LogP contribution in [0.1, 0.15) is 71.5 Å². The number of hydrogen-bond acceptors (Lipinski definition) is 4. The summed E-state index contributed by atoms with van der Waals surface area (Å²) in [6.45, 7) is 7.96. The highest BCUT2D eigenvalue weighted by atomic mass is 16.6. The number of nitrogens with zero attached hydrogens (tertiary/aromatic N) is 2. The number of hydrogen-bond donors (Lipinski definition) is 1. The van der Waals surface area contributed by atoms with Crippen LogP contribution in [-0.2, 0) is 4.74 Å². The topological polar surface area (TPSA) is 79.0 Å². The molecular weight excluding hydrogens is 478 g/mol. The molecule has 4 rings (SSSR count). The highest BCUT2D eigenvalue weighted by molar-refractivity contribution is 6.08. The molecule has 0 saturated carbocycles. The second kappa shape index (κ2) is 11.1. The molecule has 0 unspecified atom stereocenters. The molecule has 0 aromatic heterocycles. The Morgan fingerprint density at radius 1 is 0.947 bits per heavy atom. The SMILES string of the molecule is Cc1ccccc1C(=O)Nc1ccc(C(=O)N2CCC[C@H](N(C)C(=O)OC(C)(C)C)c3ccccc32)cc1. The lowest BCUT2D eigenvalue weighted by molar-refractivity contribution is 0.0212. The van der Waals surface area contributed by atoms with E-state index in [4.69, 9.17) is 4.74 Å². The van der Waals surface area contributed by atoms with Gasteiger partial charge in [0.05, 0.1) is 6.04 Å². The Labute approximate surface area is 224 Å². The summed E-state index contributed by atoms with van der Waals surface area (Å²) in [6, 6.07) is 21.9. The molecule has 3 amide bonds. The predicted molar refractivity (Wildman–Crippen MR) is 150 cm³/mol. The maximum atomic E-state index is 13.6. The Hall–Kier alpha value is -4.13. The summed E-state index contributed by atoms with van der Waals surface area (Å²) in [4.78, 5) is 42.5. The van der Waals surface area contributed by atoms with Crippen LogP contribution in [0.3, 0.4) is 0 Å². The van der Waals surface area contributed by atoms with Gasteiger partial charge in [-0.1, -0.05) is 36.4 Å². The summed E-state index contributed by atoms with van der Waals surface area (Å²) >= 11 is 0. The quantitative estimate of drug-likeness (QED) is 0.427. The Morgan fingerprint density at radius 3 is 2.29 bits per heavy atom. The zero-order valence-electron chi connectivity index (χ0n) is 22.7. The van der Waals surface area contributed by atoms with Crippen molar-refractivity contribution in [3.05, 3.63) is 95.1 Å². The molecule has 7 heteroatoms. The summed E-state index contributed by atoms with van der Waals surface area (Å²) in [7, 11) is 1.75. The zero-order chi connectivity index (χ0) is 27.4. The lowest BCUT2D eigenvalue weighted by Crippen LogP contribution is -2.36. The number of amides is 3. The summed E-state index contributed by atoms with van der Waals surface area (Å²) < 4.78 is 5.60. The number of fused-ring (bicyclic) bond motifs is 1. The summed E-state index contributed by atoms with van der Waals surface area (Å²) in [6.07, 6.45) is 1.05. The highest BCUT2D eigenvalue weighted by Gasteiger charge is 2.32. The minimum atomic E-state index is -0.594. The lowest BCUT2D eigenvalue weighted by atomic mass is 10.0. The molecule has 0 radical (unpaired) electrons.